The van der Waals surface area contributed by atoms with Crippen LogP contribution in [0.25, 0.3) is 0 Å². The fourth-order valence-corrected chi connectivity index (χ4v) is 3.27. The lowest BCUT2D eigenvalue weighted by Gasteiger charge is -2.32. The van der Waals surface area contributed by atoms with Gasteiger partial charge in [-0.05, 0) is 36.2 Å². The summed E-state index contributed by atoms with van der Waals surface area (Å²) in [7, 11) is 5.51. The Balaban J connectivity index is 1.80. The first-order valence-corrected chi connectivity index (χ1v) is 9.34. The molecule has 0 aliphatic carbocycles. The molecule has 148 valence electrons. The van der Waals surface area contributed by atoms with Crippen molar-refractivity contribution >= 4 is 11.5 Å². The molecular weight excluding hydrogens is 354 g/mol. The van der Waals surface area contributed by atoms with Crippen molar-refractivity contribution in [3.63, 3.8) is 0 Å². The molecule has 0 atom stereocenters. The fraction of sp³-hybridized carbons (Fsp3) is 0.364. The van der Waals surface area contributed by atoms with Crippen LogP contribution in [0.3, 0.4) is 0 Å². The first-order chi connectivity index (χ1) is 13.5. The van der Waals surface area contributed by atoms with E-state index < -0.39 is 0 Å². The molecule has 0 bridgehead atoms. The highest BCUT2D eigenvalue weighted by molar-refractivity contribution is 5.98. The van der Waals surface area contributed by atoms with Crippen molar-refractivity contribution in [2.45, 2.75) is 20.0 Å². The number of aromatic nitrogens is 1. The van der Waals surface area contributed by atoms with Crippen molar-refractivity contribution in [2.24, 2.45) is 0 Å². The van der Waals surface area contributed by atoms with Gasteiger partial charge in [-0.3, -0.25) is 4.79 Å². The molecule has 3 rings (SSSR count). The molecule has 0 amide bonds. The van der Waals surface area contributed by atoms with Crippen LogP contribution in [0.4, 0.5) is 5.69 Å². The van der Waals surface area contributed by atoms with Gasteiger partial charge in [0, 0.05) is 51.6 Å². The van der Waals surface area contributed by atoms with E-state index in [4.69, 9.17) is 9.47 Å². The van der Waals surface area contributed by atoms with Gasteiger partial charge in [0.15, 0.2) is 5.78 Å². The van der Waals surface area contributed by atoms with Crippen LogP contribution in [0.5, 0.6) is 11.6 Å². The number of aryl methyl sites for hydroxylation is 1. The normalized spacial score (nSPS) is 15.6. The molecule has 1 aromatic carbocycles. The fourth-order valence-electron chi connectivity index (χ4n) is 3.27. The van der Waals surface area contributed by atoms with E-state index in [1.54, 1.807) is 13.3 Å². The summed E-state index contributed by atoms with van der Waals surface area (Å²) >= 11 is 0. The van der Waals surface area contributed by atoms with Gasteiger partial charge in [-0.2, -0.15) is 0 Å². The second kappa shape index (κ2) is 8.78. The standard InChI is InChI=1S/C22H27N3O3/c1-16-9-11-23-22(28-15-17-5-7-19(27-4)8-6-17)21(16)25-12-10-20(26)18(14-25)13-24(2)3/h5-9,11,13H,10,12,14-15H2,1-4H3/b18-13+. The number of anilines is 1. The minimum atomic E-state index is 0.201. The lowest BCUT2D eigenvalue weighted by Crippen LogP contribution is -2.37. The van der Waals surface area contributed by atoms with Gasteiger partial charge in [0.1, 0.15) is 18.0 Å². The molecule has 2 aromatic rings. The summed E-state index contributed by atoms with van der Waals surface area (Å²) in [4.78, 5) is 20.8. The van der Waals surface area contributed by atoms with Crippen LogP contribution in [-0.2, 0) is 11.4 Å². The molecule has 1 saturated heterocycles. The molecule has 1 fully saturated rings. The van der Waals surface area contributed by atoms with Crippen LogP contribution in [0.2, 0.25) is 0 Å². The van der Waals surface area contributed by atoms with Gasteiger partial charge in [0.2, 0.25) is 5.88 Å². The average Bonchev–Trinajstić information content (AvgIpc) is 2.68. The first kappa shape index (κ1) is 19.7. The lowest BCUT2D eigenvalue weighted by atomic mass is 10.0. The second-order valence-electron chi connectivity index (χ2n) is 7.13. The summed E-state index contributed by atoms with van der Waals surface area (Å²) in [6.45, 7) is 3.68. The van der Waals surface area contributed by atoms with E-state index in [-0.39, 0.29) is 5.78 Å². The van der Waals surface area contributed by atoms with Gasteiger partial charge < -0.3 is 19.3 Å². The monoisotopic (exact) mass is 381 g/mol. The number of rotatable bonds is 6. The Kier molecular flexibility index (Phi) is 6.19. The summed E-state index contributed by atoms with van der Waals surface area (Å²) in [5.41, 5.74) is 3.88. The van der Waals surface area contributed by atoms with Crippen LogP contribution in [0.1, 0.15) is 17.5 Å². The van der Waals surface area contributed by atoms with Gasteiger partial charge in [0.25, 0.3) is 0 Å². The predicted octanol–water partition coefficient (Wildman–Crippen LogP) is 3.20. The molecule has 0 radical (unpaired) electrons. The molecule has 0 N–H and O–H groups in total. The maximum Gasteiger partial charge on any atom is 0.238 e. The highest BCUT2D eigenvalue weighted by atomic mass is 16.5. The summed E-state index contributed by atoms with van der Waals surface area (Å²) in [6, 6.07) is 9.76. The summed E-state index contributed by atoms with van der Waals surface area (Å²) in [5, 5.41) is 0. The molecule has 0 spiro atoms. The molecule has 6 nitrogen and oxygen atoms in total. The Labute approximate surface area is 166 Å². The number of carbonyl (C=O) groups is 1. The minimum absolute atomic E-state index is 0.201. The number of piperidine rings is 1. The molecule has 0 unspecified atom stereocenters. The number of hydrogen-bond donors (Lipinski definition) is 0. The average molecular weight is 381 g/mol. The van der Waals surface area contributed by atoms with E-state index in [0.717, 1.165) is 28.1 Å². The number of methoxy groups -OCH3 is 1. The van der Waals surface area contributed by atoms with Crippen molar-refractivity contribution < 1.29 is 14.3 Å². The molecule has 1 aliphatic heterocycles. The van der Waals surface area contributed by atoms with E-state index in [9.17, 15) is 4.79 Å². The van der Waals surface area contributed by atoms with Crippen LogP contribution in [0, 0.1) is 6.92 Å². The van der Waals surface area contributed by atoms with E-state index in [2.05, 4.69) is 9.88 Å². The van der Waals surface area contributed by atoms with Crippen LogP contribution in [0.15, 0.2) is 48.3 Å². The molecule has 28 heavy (non-hydrogen) atoms. The van der Waals surface area contributed by atoms with Crippen molar-refractivity contribution in [3.8, 4) is 11.6 Å². The second-order valence-corrected chi connectivity index (χ2v) is 7.13. The van der Waals surface area contributed by atoms with Gasteiger partial charge in [-0.1, -0.05) is 12.1 Å². The maximum absolute atomic E-state index is 12.3. The van der Waals surface area contributed by atoms with Crippen LogP contribution >= 0.6 is 0 Å². The Morgan fingerprint density at radius 3 is 2.64 bits per heavy atom. The third kappa shape index (κ3) is 4.63. The van der Waals surface area contributed by atoms with Gasteiger partial charge >= 0.3 is 0 Å². The number of ether oxygens (including phenoxy) is 2. The number of pyridine rings is 1. The number of Topliss-reactive ketones (excluding diaryl/α,β-unsaturated/α-hetero) is 1. The SMILES string of the molecule is COc1ccc(COc2nccc(C)c2N2CCC(=O)/C(=C/N(C)C)C2)cc1. The predicted molar refractivity (Wildman–Crippen MR) is 110 cm³/mol. The van der Waals surface area contributed by atoms with E-state index in [0.29, 0.717) is 32.0 Å². The largest absolute Gasteiger partial charge is 0.497 e. The molecule has 1 aromatic heterocycles. The summed E-state index contributed by atoms with van der Waals surface area (Å²) in [6.07, 6.45) is 4.15. The quantitative estimate of drug-likeness (QED) is 0.717. The third-order valence-corrected chi connectivity index (χ3v) is 4.69. The van der Waals surface area contributed by atoms with E-state index in [1.807, 2.05) is 62.5 Å². The number of nitrogens with zero attached hydrogens (tertiary/aromatic N) is 3. The molecular formula is C22H27N3O3. The smallest absolute Gasteiger partial charge is 0.238 e. The number of benzene rings is 1. The van der Waals surface area contributed by atoms with Crippen molar-refractivity contribution in [1.29, 1.82) is 0 Å². The molecule has 6 heteroatoms. The van der Waals surface area contributed by atoms with Crippen molar-refractivity contribution in [1.82, 2.24) is 9.88 Å². The zero-order valence-electron chi connectivity index (χ0n) is 16.9. The van der Waals surface area contributed by atoms with Crippen LogP contribution < -0.4 is 14.4 Å². The highest BCUT2D eigenvalue weighted by Crippen LogP contribution is 2.33. The van der Waals surface area contributed by atoms with Crippen molar-refractivity contribution in [3.05, 3.63) is 59.4 Å². The Bertz CT molecular complexity index is 860. The zero-order chi connectivity index (χ0) is 20.1. The third-order valence-electron chi connectivity index (χ3n) is 4.69. The van der Waals surface area contributed by atoms with Gasteiger partial charge in [0.05, 0.1) is 7.11 Å². The molecule has 1 aliphatic rings. The Morgan fingerprint density at radius 1 is 1.21 bits per heavy atom. The van der Waals surface area contributed by atoms with Gasteiger partial charge in [-0.15, -0.1) is 0 Å². The molecule has 2 heterocycles. The maximum atomic E-state index is 12.3. The van der Waals surface area contributed by atoms with Crippen molar-refractivity contribution in [2.75, 3.05) is 39.2 Å². The number of carbonyl (C=O) groups excluding carboxylic acids is 1. The topological polar surface area (TPSA) is 54.9 Å². The highest BCUT2D eigenvalue weighted by Gasteiger charge is 2.25. The first-order valence-electron chi connectivity index (χ1n) is 9.34. The minimum Gasteiger partial charge on any atom is -0.497 e. The summed E-state index contributed by atoms with van der Waals surface area (Å²) < 4.78 is 11.3. The number of ketones is 1. The van der Waals surface area contributed by atoms with E-state index >= 15 is 0 Å². The Hall–Kier alpha value is -3.02. The zero-order valence-corrected chi connectivity index (χ0v) is 16.9. The summed E-state index contributed by atoms with van der Waals surface area (Å²) in [5.74, 6) is 1.61. The van der Waals surface area contributed by atoms with E-state index in [1.165, 1.54) is 0 Å². The van der Waals surface area contributed by atoms with Crippen LogP contribution in [-0.4, -0.2) is 50.0 Å². The Morgan fingerprint density at radius 2 is 1.96 bits per heavy atom. The van der Waals surface area contributed by atoms with Gasteiger partial charge in [-0.25, -0.2) is 4.98 Å². The molecule has 0 saturated carbocycles. The number of hydrogen-bond acceptors (Lipinski definition) is 6. The lowest BCUT2D eigenvalue weighted by molar-refractivity contribution is -0.116.